The van der Waals surface area contributed by atoms with Crippen LogP contribution in [0, 0.1) is 0 Å². The fraction of sp³-hybridized carbons (Fsp3) is 0.111. The molecular formula is C27H22N2O4. The van der Waals surface area contributed by atoms with Gasteiger partial charge in [-0.05, 0) is 47.9 Å². The highest BCUT2D eigenvalue weighted by molar-refractivity contribution is 6.51. The second-order valence-corrected chi connectivity index (χ2v) is 8.03. The molecule has 1 fully saturated rings. The van der Waals surface area contributed by atoms with Gasteiger partial charge < -0.3 is 15.2 Å². The van der Waals surface area contributed by atoms with Crippen molar-refractivity contribution in [2.75, 3.05) is 4.90 Å². The average molecular weight is 438 g/mol. The highest BCUT2D eigenvalue weighted by Crippen LogP contribution is 2.43. The Kier molecular flexibility index (Phi) is 4.98. The lowest BCUT2D eigenvalue weighted by Crippen LogP contribution is -2.29. The molecule has 1 unspecified atom stereocenters. The van der Waals surface area contributed by atoms with E-state index in [1.807, 2.05) is 55.5 Å². The summed E-state index contributed by atoms with van der Waals surface area (Å²) in [6, 6.07) is 20.4. The molecule has 0 bridgehead atoms. The first-order valence-electron chi connectivity index (χ1n) is 10.7. The summed E-state index contributed by atoms with van der Waals surface area (Å²) in [5, 5.41) is 21.9. The second kappa shape index (κ2) is 7.98. The van der Waals surface area contributed by atoms with Crippen LogP contribution in [0.4, 0.5) is 5.69 Å². The molecule has 1 atom stereocenters. The summed E-state index contributed by atoms with van der Waals surface area (Å²) in [7, 11) is 0. The Balaban J connectivity index is 1.73. The quantitative estimate of drug-likeness (QED) is 0.236. The molecule has 1 aliphatic rings. The summed E-state index contributed by atoms with van der Waals surface area (Å²) < 4.78 is 0. The standard InChI is InChI=1S/C27H22N2O4/c1-2-16-7-11-18(12-8-16)29-24(17-9-13-19(30)14-10-17)23(26(32)27(29)33)25(31)21-15-28-22-6-4-3-5-20(21)22/h3-15,24,28,30-31H,2H2,1H3/b25-23-. The van der Waals surface area contributed by atoms with Crippen molar-refractivity contribution in [1.82, 2.24) is 4.98 Å². The van der Waals surface area contributed by atoms with Gasteiger partial charge in [-0.15, -0.1) is 0 Å². The molecule has 5 rings (SSSR count). The molecule has 0 radical (unpaired) electrons. The number of rotatable bonds is 4. The number of phenolic OH excluding ortho intramolecular Hbond substituents is 1. The third-order valence-electron chi connectivity index (χ3n) is 6.12. The van der Waals surface area contributed by atoms with Crippen LogP contribution >= 0.6 is 0 Å². The maximum Gasteiger partial charge on any atom is 0.300 e. The van der Waals surface area contributed by atoms with E-state index in [9.17, 15) is 19.8 Å². The fourth-order valence-corrected chi connectivity index (χ4v) is 4.38. The van der Waals surface area contributed by atoms with Crippen molar-refractivity contribution in [3.63, 3.8) is 0 Å². The number of phenols is 1. The van der Waals surface area contributed by atoms with Gasteiger partial charge in [0.1, 0.15) is 11.5 Å². The van der Waals surface area contributed by atoms with Gasteiger partial charge in [0.25, 0.3) is 11.7 Å². The normalized spacial score (nSPS) is 17.7. The van der Waals surface area contributed by atoms with Crippen molar-refractivity contribution < 1.29 is 19.8 Å². The van der Waals surface area contributed by atoms with Crippen LogP contribution in [-0.4, -0.2) is 26.9 Å². The minimum atomic E-state index is -0.841. The number of aryl methyl sites for hydroxylation is 1. The summed E-state index contributed by atoms with van der Waals surface area (Å²) in [6.45, 7) is 2.04. The Labute approximate surface area is 190 Å². The minimum Gasteiger partial charge on any atom is -0.508 e. The predicted molar refractivity (Wildman–Crippen MR) is 127 cm³/mol. The van der Waals surface area contributed by atoms with E-state index in [1.165, 1.54) is 17.0 Å². The number of Topliss-reactive ketones (excluding diaryl/α,β-unsaturated/α-hetero) is 1. The number of anilines is 1. The van der Waals surface area contributed by atoms with Crippen LogP contribution in [0.25, 0.3) is 16.7 Å². The van der Waals surface area contributed by atoms with Gasteiger partial charge in [0, 0.05) is 28.4 Å². The molecule has 164 valence electrons. The van der Waals surface area contributed by atoms with E-state index in [1.54, 1.807) is 18.3 Å². The molecule has 1 amide bonds. The van der Waals surface area contributed by atoms with Gasteiger partial charge in [-0.25, -0.2) is 0 Å². The molecule has 0 aliphatic carbocycles. The van der Waals surface area contributed by atoms with E-state index in [4.69, 9.17) is 0 Å². The largest absolute Gasteiger partial charge is 0.508 e. The number of carbonyl (C=O) groups excluding carboxylic acids is 2. The number of aliphatic hydroxyl groups excluding tert-OH is 1. The van der Waals surface area contributed by atoms with Gasteiger partial charge in [-0.3, -0.25) is 14.5 Å². The zero-order valence-electron chi connectivity index (χ0n) is 17.9. The van der Waals surface area contributed by atoms with Crippen LogP contribution in [0.1, 0.15) is 29.7 Å². The van der Waals surface area contributed by atoms with Gasteiger partial charge in [-0.1, -0.05) is 49.4 Å². The number of carbonyl (C=O) groups is 2. The Bertz CT molecular complexity index is 1400. The summed E-state index contributed by atoms with van der Waals surface area (Å²) in [6.07, 6.45) is 2.48. The van der Waals surface area contributed by atoms with Crippen molar-refractivity contribution >= 4 is 34.0 Å². The molecule has 3 aromatic carbocycles. The lowest BCUT2D eigenvalue weighted by Gasteiger charge is -2.25. The third kappa shape index (κ3) is 3.36. The highest BCUT2D eigenvalue weighted by Gasteiger charge is 2.47. The number of H-pyrrole nitrogens is 1. The summed E-state index contributed by atoms with van der Waals surface area (Å²) in [5.74, 6) is -1.63. The van der Waals surface area contributed by atoms with Gasteiger partial charge in [0.2, 0.25) is 0 Å². The number of aromatic hydroxyl groups is 1. The number of nitrogens with one attached hydrogen (secondary N) is 1. The van der Waals surface area contributed by atoms with Crippen molar-refractivity contribution in [1.29, 1.82) is 0 Å². The maximum atomic E-state index is 13.3. The fourth-order valence-electron chi connectivity index (χ4n) is 4.38. The average Bonchev–Trinajstić information content (AvgIpc) is 3.38. The van der Waals surface area contributed by atoms with E-state index in [-0.39, 0.29) is 17.1 Å². The zero-order chi connectivity index (χ0) is 23.1. The van der Waals surface area contributed by atoms with E-state index in [0.717, 1.165) is 22.9 Å². The Morgan fingerprint density at radius 1 is 0.970 bits per heavy atom. The topological polar surface area (TPSA) is 93.6 Å². The van der Waals surface area contributed by atoms with Crippen LogP contribution < -0.4 is 4.90 Å². The molecule has 4 aromatic rings. The third-order valence-corrected chi connectivity index (χ3v) is 6.12. The van der Waals surface area contributed by atoms with Gasteiger partial charge in [0.15, 0.2) is 0 Å². The summed E-state index contributed by atoms with van der Waals surface area (Å²) in [5.41, 5.74) is 3.54. The van der Waals surface area contributed by atoms with E-state index in [2.05, 4.69) is 4.98 Å². The minimum absolute atomic E-state index is 0.00927. The number of hydrogen-bond acceptors (Lipinski definition) is 4. The predicted octanol–water partition coefficient (Wildman–Crippen LogP) is 5.06. The smallest absolute Gasteiger partial charge is 0.300 e. The van der Waals surface area contributed by atoms with E-state index >= 15 is 0 Å². The van der Waals surface area contributed by atoms with Crippen molar-refractivity contribution in [2.45, 2.75) is 19.4 Å². The second-order valence-electron chi connectivity index (χ2n) is 8.03. The number of hydrogen-bond donors (Lipinski definition) is 3. The number of aliphatic hydroxyl groups is 1. The number of nitrogens with zero attached hydrogens (tertiary/aromatic N) is 1. The Morgan fingerprint density at radius 2 is 1.67 bits per heavy atom. The number of amides is 1. The number of aromatic amines is 1. The number of aromatic nitrogens is 1. The van der Waals surface area contributed by atoms with Gasteiger partial charge in [-0.2, -0.15) is 0 Å². The molecule has 1 saturated heterocycles. The molecule has 0 saturated carbocycles. The molecule has 1 aromatic heterocycles. The van der Waals surface area contributed by atoms with Gasteiger partial charge >= 0.3 is 0 Å². The highest BCUT2D eigenvalue weighted by atomic mass is 16.3. The van der Waals surface area contributed by atoms with Crippen LogP contribution in [0.2, 0.25) is 0 Å². The molecule has 1 aliphatic heterocycles. The van der Waals surface area contributed by atoms with E-state index < -0.39 is 17.7 Å². The number of benzene rings is 3. The molecular weight excluding hydrogens is 416 g/mol. The summed E-state index contributed by atoms with van der Waals surface area (Å²) in [4.78, 5) is 31.0. The van der Waals surface area contributed by atoms with Crippen LogP contribution in [0.15, 0.2) is 84.6 Å². The van der Waals surface area contributed by atoms with Crippen LogP contribution in [0.3, 0.4) is 0 Å². The van der Waals surface area contributed by atoms with Crippen LogP contribution in [-0.2, 0) is 16.0 Å². The Morgan fingerprint density at radius 3 is 2.36 bits per heavy atom. The summed E-state index contributed by atoms with van der Waals surface area (Å²) >= 11 is 0. The van der Waals surface area contributed by atoms with Crippen molar-refractivity contribution in [3.8, 4) is 5.75 Å². The zero-order valence-corrected chi connectivity index (χ0v) is 17.9. The molecule has 3 N–H and O–H groups in total. The number of ketones is 1. The molecule has 6 nitrogen and oxygen atoms in total. The molecule has 33 heavy (non-hydrogen) atoms. The van der Waals surface area contributed by atoms with Crippen molar-refractivity contribution in [3.05, 3.63) is 101 Å². The molecule has 6 heteroatoms. The number of para-hydroxylation sites is 1. The lowest BCUT2D eigenvalue weighted by molar-refractivity contribution is -0.132. The maximum absolute atomic E-state index is 13.3. The van der Waals surface area contributed by atoms with E-state index in [0.29, 0.717) is 16.8 Å². The molecule has 0 spiro atoms. The molecule has 2 heterocycles. The van der Waals surface area contributed by atoms with Crippen molar-refractivity contribution in [2.24, 2.45) is 0 Å². The first-order chi connectivity index (χ1) is 16.0. The lowest BCUT2D eigenvalue weighted by atomic mass is 9.95. The van der Waals surface area contributed by atoms with Crippen LogP contribution in [0.5, 0.6) is 5.75 Å². The SMILES string of the molecule is CCc1ccc(N2C(=O)C(=O)/C(=C(\O)c3c[nH]c4ccccc34)C2c2ccc(O)cc2)cc1. The monoisotopic (exact) mass is 438 g/mol. The Hall–Kier alpha value is -4.32. The van der Waals surface area contributed by atoms with Gasteiger partial charge in [0.05, 0.1) is 11.6 Å². The first kappa shape index (κ1) is 20.6. The number of fused-ring (bicyclic) bond motifs is 1. The first-order valence-corrected chi connectivity index (χ1v) is 10.7.